The van der Waals surface area contributed by atoms with E-state index in [4.69, 9.17) is 20.9 Å². The lowest BCUT2D eigenvalue weighted by molar-refractivity contribution is -0.168. The molecule has 0 radical (unpaired) electrons. The summed E-state index contributed by atoms with van der Waals surface area (Å²) in [6.45, 7) is 5.60. The SMILES string of the molecule is CCCCCC1(N)N=C(N)NC(C)=C1Cc1ccc(COC2CCCCO2)cc1. The lowest BCUT2D eigenvalue weighted by atomic mass is 9.87. The first-order valence-corrected chi connectivity index (χ1v) is 10.9. The van der Waals surface area contributed by atoms with Crippen LogP contribution in [0.25, 0.3) is 0 Å². The van der Waals surface area contributed by atoms with Gasteiger partial charge in [0, 0.05) is 12.3 Å². The van der Waals surface area contributed by atoms with Gasteiger partial charge in [-0.15, -0.1) is 0 Å². The number of benzene rings is 1. The third-order valence-corrected chi connectivity index (χ3v) is 5.75. The molecule has 0 bridgehead atoms. The summed E-state index contributed by atoms with van der Waals surface area (Å²) in [5.74, 6) is 0.405. The fraction of sp³-hybridized carbons (Fsp3) is 0.609. The minimum Gasteiger partial charge on any atom is -0.370 e. The van der Waals surface area contributed by atoms with Crippen LogP contribution in [-0.2, 0) is 22.5 Å². The second-order valence-corrected chi connectivity index (χ2v) is 8.21. The van der Waals surface area contributed by atoms with Crippen molar-refractivity contribution in [1.82, 2.24) is 5.32 Å². The van der Waals surface area contributed by atoms with Gasteiger partial charge in [-0.25, -0.2) is 4.99 Å². The number of ether oxygens (including phenoxy) is 2. The predicted octanol–water partition coefficient (Wildman–Crippen LogP) is 3.70. The third-order valence-electron chi connectivity index (χ3n) is 5.75. The summed E-state index contributed by atoms with van der Waals surface area (Å²) in [6, 6.07) is 8.54. The van der Waals surface area contributed by atoms with Crippen molar-refractivity contribution < 1.29 is 9.47 Å². The molecule has 29 heavy (non-hydrogen) atoms. The average molecular weight is 401 g/mol. The minimum atomic E-state index is -0.727. The van der Waals surface area contributed by atoms with Crippen LogP contribution < -0.4 is 16.8 Å². The molecule has 0 saturated carbocycles. The van der Waals surface area contributed by atoms with E-state index in [1.54, 1.807) is 0 Å². The molecule has 1 aromatic carbocycles. The smallest absolute Gasteiger partial charge is 0.195 e. The molecule has 0 spiro atoms. The Balaban J connectivity index is 1.63. The number of nitrogens with two attached hydrogens (primary N) is 2. The fourth-order valence-corrected chi connectivity index (χ4v) is 4.03. The van der Waals surface area contributed by atoms with Crippen LogP contribution in [0.1, 0.15) is 69.9 Å². The first-order valence-electron chi connectivity index (χ1n) is 10.9. The molecule has 160 valence electrons. The molecular formula is C23H36N4O2. The van der Waals surface area contributed by atoms with Gasteiger partial charge in [-0.3, -0.25) is 0 Å². The van der Waals surface area contributed by atoms with Gasteiger partial charge in [-0.2, -0.15) is 0 Å². The number of hydrogen-bond donors (Lipinski definition) is 3. The van der Waals surface area contributed by atoms with Crippen LogP contribution in [0.15, 0.2) is 40.5 Å². The topological polar surface area (TPSA) is 94.9 Å². The van der Waals surface area contributed by atoms with E-state index in [1.807, 2.05) is 6.92 Å². The predicted molar refractivity (Wildman–Crippen MR) is 117 cm³/mol. The number of allylic oxidation sites excluding steroid dienone is 1. The Hall–Kier alpha value is -1.89. The monoisotopic (exact) mass is 400 g/mol. The first kappa shape index (κ1) is 21.8. The van der Waals surface area contributed by atoms with Crippen molar-refractivity contribution in [1.29, 1.82) is 0 Å². The number of nitrogens with one attached hydrogen (secondary N) is 1. The van der Waals surface area contributed by atoms with Gasteiger partial charge in [0.2, 0.25) is 0 Å². The number of unbranched alkanes of at least 4 members (excludes halogenated alkanes) is 2. The van der Waals surface area contributed by atoms with E-state index in [1.165, 1.54) is 12.0 Å². The van der Waals surface area contributed by atoms with Gasteiger partial charge in [0.15, 0.2) is 12.2 Å². The molecule has 1 saturated heterocycles. The summed E-state index contributed by atoms with van der Waals surface area (Å²) in [6.07, 6.45) is 8.14. The molecule has 2 aliphatic rings. The number of guanidine groups is 1. The summed E-state index contributed by atoms with van der Waals surface area (Å²) in [5, 5.41) is 3.16. The molecule has 6 nitrogen and oxygen atoms in total. The van der Waals surface area contributed by atoms with E-state index < -0.39 is 5.66 Å². The fourth-order valence-electron chi connectivity index (χ4n) is 4.03. The lowest BCUT2D eigenvalue weighted by Gasteiger charge is -2.34. The van der Waals surface area contributed by atoms with Gasteiger partial charge in [0.05, 0.1) is 6.61 Å². The van der Waals surface area contributed by atoms with Crippen molar-refractivity contribution in [3.05, 3.63) is 46.7 Å². The van der Waals surface area contributed by atoms with E-state index in [9.17, 15) is 0 Å². The molecule has 1 aromatic rings. The highest BCUT2D eigenvalue weighted by Gasteiger charge is 2.33. The summed E-state index contributed by atoms with van der Waals surface area (Å²) < 4.78 is 11.5. The number of nitrogens with zero attached hydrogens (tertiary/aromatic N) is 1. The van der Waals surface area contributed by atoms with Crippen LogP contribution in [0.2, 0.25) is 0 Å². The third kappa shape index (κ3) is 6.04. The lowest BCUT2D eigenvalue weighted by Crippen LogP contribution is -2.50. The van der Waals surface area contributed by atoms with Gasteiger partial charge in [0.1, 0.15) is 5.66 Å². The zero-order valence-corrected chi connectivity index (χ0v) is 17.9. The van der Waals surface area contributed by atoms with Crippen molar-refractivity contribution in [2.24, 2.45) is 16.5 Å². The average Bonchev–Trinajstić information content (AvgIpc) is 2.71. The first-order chi connectivity index (χ1) is 14.0. The van der Waals surface area contributed by atoms with Gasteiger partial charge in [-0.05, 0) is 62.1 Å². The van der Waals surface area contributed by atoms with E-state index in [0.29, 0.717) is 12.6 Å². The molecule has 2 heterocycles. The second-order valence-electron chi connectivity index (χ2n) is 8.21. The molecule has 2 atom stereocenters. The summed E-state index contributed by atoms with van der Waals surface area (Å²) in [4.78, 5) is 4.58. The normalized spacial score (nSPS) is 24.9. The molecule has 6 heteroatoms. The van der Waals surface area contributed by atoms with Crippen LogP contribution in [0, 0.1) is 0 Å². The Morgan fingerprint density at radius 2 is 1.97 bits per heavy atom. The maximum Gasteiger partial charge on any atom is 0.195 e. The van der Waals surface area contributed by atoms with Gasteiger partial charge >= 0.3 is 0 Å². The number of aliphatic imine (C=N–C) groups is 1. The summed E-state index contributed by atoms with van der Waals surface area (Å²) >= 11 is 0. The van der Waals surface area contributed by atoms with Crippen LogP contribution in [-0.4, -0.2) is 24.5 Å². The molecule has 0 aliphatic carbocycles. The van der Waals surface area contributed by atoms with E-state index in [0.717, 1.165) is 68.4 Å². The van der Waals surface area contributed by atoms with Crippen molar-refractivity contribution in [2.75, 3.05) is 6.61 Å². The van der Waals surface area contributed by atoms with E-state index in [-0.39, 0.29) is 6.29 Å². The van der Waals surface area contributed by atoms with Crippen LogP contribution in [0.4, 0.5) is 0 Å². The van der Waals surface area contributed by atoms with Crippen molar-refractivity contribution in [3.63, 3.8) is 0 Å². The molecule has 5 N–H and O–H groups in total. The zero-order chi connectivity index (χ0) is 20.7. The van der Waals surface area contributed by atoms with Crippen LogP contribution >= 0.6 is 0 Å². The molecule has 1 fully saturated rings. The maximum atomic E-state index is 6.73. The highest BCUT2D eigenvalue weighted by atomic mass is 16.7. The van der Waals surface area contributed by atoms with Crippen molar-refractivity contribution in [3.8, 4) is 0 Å². The second kappa shape index (κ2) is 10.2. The largest absolute Gasteiger partial charge is 0.370 e. The highest BCUT2D eigenvalue weighted by Crippen LogP contribution is 2.30. The van der Waals surface area contributed by atoms with Crippen LogP contribution in [0.5, 0.6) is 0 Å². The number of rotatable bonds is 9. The Kier molecular flexibility index (Phi) is 7.70. The standard InChI is InChI=1S/C23H36N4O2/c1-3-4-6-13-23(25)20(17(2)26-22(24)27-23)15-18-9-11-19(12-10-18)16-29-21-8-5-7-14-28-21/h9-12,21H,3-8,13-16,25H2,1-2H3,(H3,24,26,27). The van der Waals surface area contributed by atoms with Crippen molar-refractivity contribution >= 4 is 5.96 Å². The number of hydrogen-bond acceptors (Lipinski definition) is 6. The van der Waals surface area contributed by atoms with Crippen molar-refractivity contribution in [2.45, 2.75) is 83.8 Å². The Bertz CT molecular complexity index is 723. The van der Waals surface area contributed by atoms with Gasteiger partial charge < -0.3 is 26.3 Å². The molecule has 2 aliphatic heterocycles. The molecule has 0 amide bonds. The highest BCUT2D eigenvalue weighted by molar-refractivity contribution is 5.82. The van der Waals surface area contributed by atoms with E-state index >= 15 is 0 Å². The Morgan fingerprint density at radius 1 is 1.21 bits per heavy atom. The Morgan fingerprint density at radius 3 is 2.66 bits per heavy atom. The van der Waals surface area contributed by atoms with Gasteiger partial charge in [-0.1, -0.05) is 44.0 Å². The molecular weight excluding hydrogens is 364 g/mol. The minimum absolute atomic E-state index is 0.0613. The summed E-state index contributed by atoms with van der Waals surface area (Å²) in [7, 11) is 0. The van der Waals surface area contributed by atoms with E-state index in [2.05, 4.69) is 41.5 Å². The summed E-state index contributed by atoms with van der Waals surface area (Å²) in [5.41, 5.74) is 16.5. The zero-order valence-electron chi connectivity index (χ0n) is 17.9. The van der Waals surface area contributed by atoms with Crippen LogP contribution in [0.3, 0.4) is 0 Å². The molecule has 3 rings (SSSR count). The maximum absolute atomic E-state index is 6.73. The molecule has 0 aromatic heterocycles. The molecule has 2 unspecified atom stereocenters. The van der Waals surface area contributed by atoms with Gasteiger partial charge in [0.25, 0.3) is 0 Å². The quantitative estimate of drug-likeness (QED) is 0.550. The Labute approximate surface area is 174 Å².